The van der Waals surface area contributed by atoms with Gasteiger partial charge in [0.1, 0.15) is 5.75 Å². The average Bonchev–Trinajstić information content (AvgIpc) is 2.76. The third kappa shape index (κ3) is 2.44. The van der Waals surface area contributed by atoms with Gasteiger partial charge in [-0.05, 0) is 45.1 Å². The maximum absolute atomic E-state index is 8.38. The van der Waals surface area contributed by atoms with Crippen molar-refractivity contribution in [3.8, 4) is 5.75 Å². The minimum absolute atomic E-state index is 0.111. The van der Waals surface area contributed by atoms with E-state index < -0.39 is 20.0 Å². The molecule has 0 N–H and O–H groups in total. The van der Waals surface area contributed by atoms with Gasteiger partial charge in [-0.3, -0.25) is 0 Å². The molecule has 0 aliphatic rings. The monoisotopic (exact) mass is 239 g/mol. The highest BCUT2D eigenvalue weighted by Crippen LogP contribution is 2.22. The van der Waals surface area contributed by atoms with Crippen LogP contribution in [0.15, 0.2) is 30.5 Å². The van der Waals surface area contributed by atoms with E-state index in [1.165, 1.54) is 6.92 Å². The van der Waals surface area contributed by atoms with Crippen LogP contribution in [-0.4, -0.2) is 36.5 Å². The van der Waals surface area contributed by atoms with E-state index in [0.29, 0.717) is 10.6 Å². The molecule has 0 fully saturated rings. The van der Waals surface area contributed by atoms with Crippen molar-refractivity contribution < 1.29 is 14.3 Å². The van der Waals surface area contributed by atoms with Gasteiger partial charge in [0.25, 0.3) is 0 Å². The zero-order valence-corrected chi connectivity index (χ0v) is 9.90. The van der Waals surface area contributed by atoms with Crippen molar-refractivity contribution >= 4 is 10.9 Å². The summed E-state index contributed by atoms with van der Waals surface area (Å²) in [5, 5.41) is 0.861. The first-order valence-corrected chi connectivity index (χ1v) is 5.29. The number of likely N-dealkylation sites (N-methyl/N-ethyl adjacent to an activating group) is 1. The molecule has 17 heavy (non-hydrogen) atoms. The van der Waals surface area contributed by atoms with Gasteiger partial charge in [0.15, 0.2) is 0 Å². The van der Waals surface area contributed by atoms with Crippen molar-refractivity contribution in [3.63, 3.8) is 0 Å². The Kier molecular flexibility index (Phi) is 1.67. The summed E-state index contributed by atoms with van der Waals surface area (Å²) in [4.78, 5) is 0.294. The first-order valence-electron chi connectivity index (χ1n) is 8.79. The Morgan fingerprint density at radius 3 is 3.00 bits per heavy atom. The fourth-order valence-corrected chi connectivity index (χ4v) is 1.76. The van der Waals surface area contributed by atoms with E-state index in [-0.39, 0.29) is 6.54 Å². The van der Waals surface area contributed by atoms with Crippen molar-refractivity contribution in [2.75, 3.05) is 21.1 Å². The van der Waals surface area contributed by atoms with Gasteiger partial charge in [-0.2, -0.15) is 0 Å². The zero-order chi connectivity index (χ0) is 18.3. The number of rotatable bonds is 4. The van der Waals surface area contributed by atoms with Crippen molar-refractivity contribution in [2.24, 2.45) is 0 Å². The van der Waals surface area contributed by atoms with Crippen LogP contribution in [-0.2, 0) is 6.54 Å². The highest BCUT2D eigenvalue weighted by molar-refractivity contribution is 5.81. The van der Waals surface area contributed by atoms with Crippen LogP contribution in [0.1, 0.15) is 16.5 Å². The molecule has 0 radical (unpaired) electrons. The molecule has 2 rings (SSSR count). The molecule has 0 bridgehead atoms. The van der Waals surface area contributed by atoms with E-state index in [0.717, 1.165) is 10.9 Å². The summed E-state index contributed by atoms with van der Waals surface area (Å²) < 4.78 is 60.2. The summed E-state index contributed by atoms with van der Waals surface area (Å²) >= 11 is 0. The molecular weight excluding hydrogens is 212 g/mol. The summed E-state index contributed by atoms with van der Waals surface area (Å²) in [6.45, 7) is -4.64. The second-order valence-corrected chi connectivity index (χ2v) is 3.94. The second-order valence-electron chi connectivity index (χ2n) is 3.94. The third-order valence-electron chi connectivity index (χ3n) is 2.76. The van der Waals surface area contributed by atoms with Crippen LogP contribution < -0.4 is 4.74 Å². The first-order chi connectivity index (χ1) is 10.9. The molecule has 0 spiro atoms. The number of fused-ring (bicyclic) bond motifs is 1. The first kappa shape index (κ1) is 5.91. The van der Waals surface area contributed by atoms with Gasteiger partial charge in [0.2, 0.25) is 0 Å². The quantitative estimate of drug-likeness (QED) is 0.816. The van der Waals surface area contributed by atoms with E-state index in [4.69, 9.17) is 14.3 Å². The number of benzene rings is 1. The van der Waals surface area contributed by atoms with E-state index >= 15 is 0 Å². The molecule has 0 saturated heterocycles. The lowest BCUT2D eigenvalue weighted by Gasteiger charge is -2.20. The Morgan fingerprint density at radius 2 is 2.29 bits per heavy atom. The predicted molar refractivity (Wildman–Crippen MR) is 71.6 cm³/mol. The molecule has 0 unspecified atom stereocenters. The van der Waals surface area contributed by atoms with Gasteiger partial charge in [0.05, 0.1) is 7.11 Å². The molecule has 92 valence electrons. The van der Waals surface area contributed by atoms with Crippen LogP contribution in [0.2, 0.25) is 0 Å². The van der Waals surface area contributed by atoms with Crippen LogP contribution in [0, 0.1) is 0 Å². The highest BCUT2D eigenvalue weighted by Gasteiger charge is 2.08. The number of ether oxygens (including phenoxy) is 1. The van der Waals surface area contributed by atoms with E-state index in [1.807, 2.05) is 12.1 Å². The second kappa shape index (κ2) is 4.80. The molecule has 3 heteroatoms. The standard InChI is InChI=1S/C14H20N2O/c1-11(15(2)3)10-16-8-7-12-9-13(17-4)5-6-14(12)16/h5-9,11H,10H2,1-4H3/t11-/m1/s1/i2D3,3D3,11D. The Hall–Kier alpha value is -1.48. The Labute approximate surface area is 112 Å². The molecule has 3 nitrogen and oxygen atoms in total. The molecule has 1 aromatic heterocycles. The number of nitrogens with zero attached hydrogens (tertiary/aromatic N) is 2. The normalized spacial score (nSPS) is 22.6. The predicted octanol–water partition coefficient (Wildman–Crippen LogP) is 2.60. The minimum atomic E-state index is -2.91. The Morgan fingerprint density at radius 1 is 1.47 bits per heavy atom. The van der Waals surface area contributed by atoms with Crippen molar-refractivity contribution in [1.29, 1.82) is 0 Å². The SMILES string of the molecule is [2H]C([2H])([2H])N(C([2H])([2H])[2H])[C@]([2H])(C)Cn1ccc2cc(OC)ccc21. The van der Waals surface area contributed by atoms with Gasteiger partial charge >= 0.3 is 0 Å². The zero-order valence-electron chi connectivity index (χ0n) is 16.9. The topological polar surface area (TPSA) is 17.4 Å². The minimum Gasteiger partial charge on any atom is -0.497 e. The van der Waals surface area contributed by atoms with Crippen LogP contribution in [0.4, 0.5) is 0 Å². The van der Waals surface area contributed by atoms with Gasteiger partial charge in [0, 0.05) is 39.3 Å². The van der Waals surface area contributed by atoms with Crippen LogP contribution >= 0.6 is 0 Å². The summed E-state index contributed by atoms with van der Waals surface area (Å²) in [5.74, 6) is 0.681. The molecule has 1 atom stereocenters. The average molecular weight is 239 g/mol. The van der Waals surface area contributed by atoms with Crippen LogP contribution in [0.3, 0.4) is 0 Å². The molecule has 0 aliphatic carbocycles. The largest absolute Gasteiger partial charge is 0.497 e. The molecule has 0 aliphatic heterocycles. The van der Waals surface area contributed by atoms with Gasteiger partial charge in [-0.1, -0.05) is 0 Å². The third-order valence-corrected chi connectivity index (χ3v) is 2.76. The molecule has 1 heterocycles. The summed E-state index contributed by atoms with van der Waals surface area (Å²) in [7, 11) is 1.56. The van der Waals surface area contributed by atoms with Crippen LogP contribution in [0.25, 0.3) is 10.9 Å². The van der Waals surface area contributed by atoms with Gasteiger partial charge < -0.3 is 14.2 Å². The van der Waals surface area contributed by atoms with Crippen molar-refractivity contribution in [3.05, 3.63) is 30.5 Å². The number of hydrogen-bond acceptors (Lipinski definition) is 2. The van der Waals surface area contributed by atoms with Gasteiger partial charge in [-0.15, -0.1) is 0 Å². The lowest BCUT2D eigenvalue weighted by Crippen LogP contribution is -2.28. The summed E-state index contributed by atoms with van der Waals surface area (Å²) in [6, 6.07) is 5.31. The Bertz CT molecular complexity index is 704. The summed E-state index contributed by atoms with van der Waals surface area (Å²) in [5.41, 5.74) is 0.769. The molecule has 2 aromatic rings. The number of aromatic nitrogens is 1. The number of methoxy groups -OCH3 is 1. The van der Waals surface area contributed by atoms with Gasteiger partial charge in [-0.25, -0.2) is 0 Å². The molecular formula is C14H20N2O. The highest BCUT2D eigenvalue weighted by atomic mass is 16.5. The lowest BCUT2D eigenvalue weighted by atomic mass is 10.2. The fraction of sp³-hybridized carbons (Fsp3) is 0.429. The van der Waals surface area contributed by atoms with E-state index in [1.54, 1.807) is 30.0 Å². The Balaban J connectivity index is 2.41. The maximum atomic E-state index is 8.38. The maximum Gasteiger partial charge on any atom is 0.119 e. The van der Waals surface area contributed by atoms with E-state index in [9.17, 15) is 0 Å². The fourth-order valence-electron chi connectivity index (χ4n) is 1.76. The summed E-state index contributed by atoms with van der Waals surface area (Å²) in [6.07, 6.45) is 1.70. The molecule has 1 aromatic carbocycles. The molecule has 0 amide bonds. The lowest BCUT2D eigenvalue weighted by molar-refractivity contribution is 0.286. The van der Waals surface area contributed by atoms with Crippen molar-refractivity contribution in [2.45, 2.75) is 19.5 Å². The smallest absolute Gasteiger partial charge is 0.119 e. The molecule has 0 saturated carbocycles. The van der Waals surface area contributed by atoms with Crippen molar-refractivity contribution in [1.82, 2.24) is 9.47 Å². The van der Waals surface area contributed by atoms with Crippen LogP contribution in [0.5, 0.6) is 5.75 Å². The van der Waals surface area contributed by atoms with E-state index in [2.05, 4.69) is 0 Å². The number of hydrogen-bond donors (Lipinski definition) is 0.